The lowest BCUT2D eigenvalue weighted by molar-refractivity contribution is -0.143. The minimum absolute atomic E-state index is 0.197. The molecular weight excluding hydrogens is 720 g/mol. The van der Waals surface area contributed by atoms with Crippen molar-refractivity contribution in [2.24, 2.45) is 25.9 Å². The third-order valence-corrected chi connectivity index (χ3v) is 12.1. The second kappa shape index (κ2) is 16.3. The number of hydrogen-bond donors (Lipinski definition) is 3. The van der Waals surface area contributed by atoms with Crippen LogP contribution in [0.15, 0.2) is 42.5 Å². The van der Waals surface area contributed by atoms with Crippen LogP contribution >= 0.6 is 11.8 Å². The van der Waals surface area contributed by atoms with Crippen molar-refractivity contribution in [1.82, 2.24) is 28.9 Å². The molecular formula is C41H51ClN8O5. The predicted octanol–water partition coefficient (Wildman–Crippen LogP) is 5.56. The molecule has 0 bridgehead atoms. The van der Waals surface area contributed by atoms with Crippen LogP contribution in [0.3, 0.4) is 0 Å². The first kappa shape index (κ1) is 38.7. The lowest BCUT2D eigenvalue weighted by Gasteiger charge is -2.30. The van der Waals surface area contributed by atoms with E-state index in [-0.39, 0.29) is 17.6 Å². The van der Waals surface area contributed by atoms with Gasteiger partial charge in [-0.25, -0.2) is 14.4 Å². The Kier molecular flexibility index (Phi) is 11.4. The minimum atomic E-state index is -0.670. The molecule has 4 heterocycles. The van der Waals surface area contributed by atoms with Crippen molar-refractivity contribution >= 4 is 40.9 Å². The summed E-state index contributed by atoms with van der Waals surface area (Å²) in [7, 11) is 3.74. The lowest BCUT2D eigenvalue weighted by atomic mass is 9.80. The maximum absolute atomic E-state index is 13.8. The van der Waals surface area contributed by atoms with E-state index in [4.69, 9.17) is 21.7 Å². The number of aromatic nitrogens is 4. The Balaban J connectivity index is 1.01. The van der Waals surface area contributed by atoms with Crippen LogP contribution in [-0.4, -0.2) is 89.2 Å². The normalized spacial score (nSPS) is 19.4. The van der Waals surface area contributed by atoms with E-state index < -0.39 is 18.0 Å². The number of benzene rings is 2. The quantitative estimate of drug-likeness (QED) is 0.167. The van der Waals surface area contributed by atoms with Crippen molar-refractivity contribution in [3.63, 3.8) is 0 Å². The Morgan fingerprint density at radius 3 is 2.25 bits per heavy atom. The molecule has 1 aliphatic carbocycles. The van der Waals surface area contributed by atoms with Gasteiger partial charge in [0.2, 0.25) is 5.82 Å². The summed E-state index contributed by atoms with van der Waals surface area (Å²) in [4.78, 5) is 52.8. The summed E-state index contributed by atoms with van der Waals surface area (Å²) >= 11 is 6.78. The van der Waals surface area contributed by atoms with Crippen LogP contribution in [0.4, 0.5) is 11.4 Å². The van der Waals surface area contributed by atoms with E-state index in [1.54, 1.807) is 13.0 Å². The molecule has 13 nitrogen and oxygen atoms in total. The number of imidazole rings is 2. The molecule has 0 spiro atoms. The number of rotatable bonds is 11. The van der Waals surface area contributed by atoms with E-state index in [9.17, 15) is 24.6 Å². The Labute approximate surface area is 327 Å². The summed E-state index contributed by atoms with van der Waals surface area (Å²) in [5.41, 5.74) is 7.56. The number of carboxylic acids is 1. The molecule has 2 amide bonds. The van der Waals surface area contributed by atoms with Crippen LogP contribution in [0.1, 0.15) is 88.6 Å². The largest absolute Gasteiger partial charge is 0.481 e. The van der Waals surface area contributed by atoms with Gasteiger partial charge in [-0.1, -0.05) is 24.3 Å². The van der Waals surface area contributed by atoms with E-state index >= 15 is 0 Å². The highest BCUT2D eigenvalue weighted by atomic mass is 35.5. The van der Waals surface area contributed by atoms with Crippen molar-refractivity contribution in [3.05, 3.63) is 82.5 Å². The summed E-state index contributed by atoms with van der Waals surface area (Å²) < 4.78 is 4.85. The van der Waals surface area contributed by atoms with E-state index in [1.165, 1.54) is 0 Å². The van der Waals surface area contributed by atoms with Crippen LogP contribution < -0.4 is 9.74 Å². The van der Waals surface area contributed by atoms with Gasteiger partial charge < -0.3 is 24.7 Å². The van der Waals surface area contributed by atoms with Gasteiger partial charge in [0.1, 0.15) is 0 Å². The Bertz CT molecular complexity index is 2080. The molecule has 0 saturated heterocycles. The molecule has 1 fully saturated rings. The number of carbonyl (C=O) groups is 3. The van der Waals surface area contributed by atoms with Crippen molar-refractivity contribution in [3.8, 4) is 11.1 Å². The van der Waals surface area contributed by atoms with E-state index in [0.29, 0.717) is 42.8 Å². The van der Waals surface area contributed by atoms with Gasteiger partial charge in [0.25, 0.3) is 5.91 Å². The number of fused-ring (bicyclic) bond motifs is 2. The highest BCUT2D eigenvalue weighted by molar-refractivity contribution is 6.38. The molecule has 55 heavy (non-hydrogen) atoms. The molecule has 4 aromatic rings. The fraction of sp³-hybridized carbons (Fsp3) is 0.488. The first-order valence-corrected chi connectivity index (χ1v) is 19.7. The molecule has 1 atom stereocenters. The monoisotopic (exact) mass is 770 g/mol. The number of anilines is 2. The second-order valence-electron chi connectivity index (χ2n) is 15.5. The first-order chi connectivity index (χ1) is 26.4. The predicted molar refractivity (Wildman–Crippen MR) is 211 cm³/mol. The van der Waals surface area contributed by atoms with Crippen molar-refractivity contribution in [1.29, 1.82) is 0 Å². The number of carboxylic acid groups (broad SMARTS) is 1. The Morgan fingerprint density at radius 1 is 0.927 bits per heavy atom. The zero-order valence-corrected chi connectivity index (χ0v) is 32.8. The summed E-state index contributed by atoms with van der Waals surface area (Å²) in [6, 6.07) is 13.2. The molecule has 3 aliphatic rings. The zero-order chi connectivity index (χ0) is 39.0. The average Bonchev–Trinajstić information content (AvgIpc) is 3.69. The summed E-state index contributed by atoms with van der Waals surface area (Å²) in [5, 5.41) is 22.2. The highest BCUT2D eigenvalue weighted by Crippen LogP contribution is 2.34. The number of aliphatic hydroxyl groups excluding tert-OH is 1. The molecule has 1 unspecified atom stereocenters. The third kappa shape index (κ3) is 8.21. The highest BCUT2D eigenvalue weighted by Gasteiger charge is 2.31. The minimum Gasteiger partial charge on any atom is -0.481 e. The summed E-state index contributed by atoms with van der Waals surface area (Å²) in [6.07, 6.45) is 5.60. The van der Waals surface area contributed by atoms with Gasteiger partial charge in [0.15, 0.2) is 5.82 Å². The molecule has 0 radical (unpaired) electrons. The number of halogens is 1. The molecule has 2 aromatic carbocycles. The number of amides is 2. The van der Waals surface area contributed by atoms with Crippen LogP contribution in [0.25, 0.3) is 11.1 Å². The summed E-state index contributed by atoms with van der Waals surface area (Å²) in [5.74, 6) is -0.406. The van der Waals surface area contributed by atoms with Gasteiger partial charge in [0.05, 0.1) is 29.1 Å². The maximum atomic E-state index is 13.8. The molecule has 14 heteroatoms. The number of β-amino-alcohol motifs (C(OH)–C–C–N with tert-alkyl or cyclic N) is 1. The number of carbonyl (C=O) groups excluding carboxylic acids is 2. The smallest absolute Gasteiger partial charge is 0.308 e. The summed E-state index contributed by atoms with van der Waals surface area (Å²) in [6.45, 7) is 8.14. The van der Waals surface area contributed by atoms with Crippen molar-refractivity contribution < 1.29 is 24.6 Å². The number of nitrogens with one attached hydrogen (secondary N) is 1. The number of aliphatic carboxylic acids is 1. The lowest BCUT2D eigenvalue weighted by Crippen LogP contribution is -2.36. The molecule has 2 aliphatic heterocycles. The average molecular weight is 771 g/mol. The maximum Gasteiger partial charge on any atom is 0.308 e. The number of hydrogen-bond acceptors (Lipinski definition) is 8. The number of nitrogens with zero attached hydrogens (tertiary/aromatic N) is 7. The third-order valence-electron chi connectivity index (χ3n) is 11.8. The zero-order valence-electron chi connectivity index (χ0n) is 32.1. The fourth-order valence-corrected chi connectivity index (χ4v) is 8.79. The van der Waals surface area contributed by atoms with Gasteiger partial charge in [-0.2, -0.15) is 0 Å². The Morgan fingerprint density at radius 2 is 1.56 bits per heavy atom. The van der Waals surface area contributed by atoms with E-state index in [2.05, 4.69) is 15.1 Å². The van der Waals surface area contributed by atoms with Crippen LogP contribution in [0, 0.1) is 18.8 Å². The first-order valence-electron chi connectivity index (χ1n) is 19.3. The second-order valence-corrected chi connectivity index (χ2v) is 15.9. The molecule has 7 rings (SSSR count). The topological polar surface area (TPSA) is 149 Å². The van der Waals surface area contributed by atoms with Crippen LogP contribution in [0.2, 0.25) is 0 Å². The standard InChI is InChI=1S/C41H51ClN8O5/c1-25(51)22-49-20-17-35-34(24-49)43-37(46(35)3)39(52)45-32-10-6-9-31(26(32)2)29-7-5-8-30(21-29)50(42)40(53)38-44-33-23-48(19-16-36(33)47(38)4)18-15-27-11-13-28(14-12-27)41(54)55/h5-10,21,25,27-28,51H,11-20,22-24H2,1-4H3,(H,45,52)(H,54,55). The molecule has 3 N–H and O–H groups in total. The van der Waals surface area contributed by atoms with Gasteiger partial charge in [-0.15, -0.1) is 0 Å². The van der Waals surface area contributed by atoms with Crippen molar-refractivity contribution in [2.45, 2.75) is 78.0 Å². The van der Waals surface area contributed by atoms with Crippen LogP contribution in [-0.2, 0) is 44.8 Å². The molecule has 292 valence electrons. The van der Waals surface area contributed by atoms with Gasteiger partial charge in [-0.3, -0.25) is 24.2 Å². The van der Waals surface area contributed by atoms with E-state index in [1.807, 2.05) is 66.6 Å². The SMILES string of the molecule is Cc1c(NC(=O)c2nc3c(n2C)CCN(CC(C)O)C3)cccc1-c1cccc(N(Cl)C(=O)c2nc3c(n2C)CCN(CCC2CCC(C(=O)O)CC2)C3)c1. The van der Waals surface area contributed by atoms with Gasteiger partial charge in [-0.05, 0) is 93.3 Å². The van der Waals surface area contributed by atoms with Gasteiger partial charge >= 0.3 is 11.9 Å². The molecule has 1 saturated carbocycles. The number of aliphatic hydroxyl groups is 1. The fourth-order valence-electron chi connectivity index (χ4n) is 8.61. The van der Waals surface area contributed by atoms with Gasteiger partial charge in [0, 0.05) is 88.5 Å². The van der Waals surface area contributed by atoms with Crippen LogP contribution in [0.5, 0.6) is 0 Å². The Hall–Kier alpha value is -4.56. The van der Waals surface area contributed by atoms with Crippen molar-refractivity contribution in [2.75, 3.05) is 35.9 Å². The molecule has 2 aromatic heterocycles. The van der Waals surface area contributed by atoms with E-state index in [0.717, 1.165) is 108 Å².